The van der Waals surface area contributed by atoms with Crippen molar-refractivity contribution in [2.24, 2.45) is 0 Å². The summed E-state index contributed by atoms with van der Waals surface area (Å²) in [5.74, 6) is -0.239. The van der Waals surface area contributed by atoms with Gasteiger partial charge in [0, 0.05) is 24.4 Å². The van der Waals surface area contributed by atoms with Gasteiger partial charge in [0.05, 0.1) is 6.10 Å². The van der Waals surface area contributed by atoms with Crippen molar-refractivity contribution in [2.75, 3.05) is 5.75 Å². The van der Waals surface area contributed by atoms with Crippen LogP contribution in [0.5, 0.6) is 0 Å². The Labute approximate surface area is 109 Å². The van der Waals surface area contributed by atoms with Gasteiger partial charge in [-0.2, -0.15) is 4.39 Å². The topological polar surface area (TPSA) is 70.4 Å². The second kappa shape index (κ2) is 6.82. The highest BCUT2D eigenvalue weighted by Crippen LogP contribution is 2.24. The number of aliphatic hydroxyl groups is 2. The summed E-state index contributed by atoms with van der Waals surface area (Å²) in [6.45, 7) is 2.94. The maximum absolute atomic E-state index is 13.2. The van der Waals surface area contributed by atoms with Crippen LogP contribution in [0.15, 0.2) is 12.3 Å². The predicted molar refractivity (Wildman–Crippen MR) is 67.7 cm³/mol. The van der Waals surface area contributed by atoms with E-state index in [1.807, 2.05) is 0 Å². The first-order valence-corrected chi connectivity index (χ1v) is 6.52. The van der Waals surface area contributed by atoms with Gasteiger partial charge in [0.1, 0.15) is 6.10 Å². The van der Waals surface area contributed by atoms with Gasteiger partial charge in [-0.3, -0.25) is 4.79 Å². The summed E-state index contributed by atoms with van der Waals surface area (Å²) in [4.78, 5) is 14.2. The van der Waals surface area contributed by atoms with Crippen molar-refractivity contribution in [1.29, 1.82) is 0 Å². The largest absolute Gasteiger partial charge is 0.390 e. The molecule has 1 aromatic heterocycles. The number of carbonyl (C=O) groups excluding carboxylic acids is 1. The summed E-state index contributed by atoms with van der Waals surface area (Å²) in [6.07, 6.45) is -0.695. The van der Waals surface area contributed by atoms with Crippen molar-refractivity contribution < 1.29 is 19.4 Å². The summed E-state index contributed by atoms with van der Waals surface area (Å²) in [5, 5.41) is 19.7. The lowest BCUT2D eigenvalue weighted by Gasteiger charge is -2.19. The number of thioether (sulfide) groups is 1. The molecule has 0 radical (unpaired) electrons. The third-order valence-corrected chi connectivity index (χ3v) is 3.43. The Bertz CT molecular complexity index is 428. The first-order chi connectivity index (χ1) is 8.43. The Balaban J connectivity index is 2.65. The second-order valence-corrected chi connectivity index (χ2v) is 5.23. The third kappa shape index (κ3) is 4.04. The van der Waals surface area contributed by atoms with Crippen LogP contribution in [0, 0.1) is 12.9 Å². The molecule has 2 N–H and O–H groups in total. The highest BCUT2D eigenvalue weighted by Gasteiger charge is 2.21. The molecule has 0 spiro atoms. The van der Waals surface area contributed by atoms with Crippen LogP contribution in [0.3, 0.4) is 0 Å². The Hall–Kier alpha value is -0.980. The van der Waals surface area contributed by atoms with Crippen LogP contribution in [0.1, 0.15) is 30.6 Å². The first kappa shape index (κ1) is 15.1. The molecule has 0 aromatic carbocycles. The average Bonchev–Trinajstić information content (AvgIpc) is 2.31. The highest BCUT2D eigenvalue weighted by atomic mass is 32.2. The monoisotopic (exact) mass is 273 g/mol. The smallest absolute Gasteiger partial charge is 0.216 e. The molecular formula is C12H16FNO3S. The van der Waals surface area contributed by atoms with Crippen molar-refractivity contribution >= 4 is 16.9 Å². The van der Waals surface area contributed by atoms with Gasteiger partial charge < -0.3 is 10.2 Å². The Kier molecular flexibility index (Phi) is 5.71. The molecule has 1 rings (SSSR count). The fourth-order valence-electron chi connectivity index (χ4n) is 1.53. The zero-order valence-electron chi connectivity index (χ0n) is 10.3. The number of nitrogens with zero attached hydrogens (tertiary/aromatic N) is 1. The van der Waals surface area contributed by atoms with E-state index in [1.165, 1.54) is 26.1 Å². The molecule has 18 heavy (non-hydrogen) atoms. The summed E-state index contributed by atoms with van der Waals surface area (Å²) >= 11 is 1.08. The Morgan fingerprint density at radius 2 is 2.22 bits per heavy atom. The Morgan fingerprint density at radius 3 is 2.83 bits per heavy atom. The molecule has 1 aromatic rings. The number of aliphatic hydroxyl groups excluding tert-OH is 2. The maximum atomic E-state index is 13.2. The number of pyridine rings is 1. The zero-order valence-corrected chi connectivity index (χ0v) is 11.1. The Morgan fingerprint density at radius 1 is 1.56 bits per heavy atom. The van der Waals surface area contributed by atoms with E-state index in [9.17, 15) is 19.4 Å². The van der Waals surface area contributed by atoms with E-state index in [4.69, 9.17) is 0 Å². The number of hydrogen-bond donors (Lipinski definition) is 2. The normalized spacial score (nSPS) is 14.3. The van der Waals surface area contributed by atoms with Crippen LogP contribution in [0.25, 0.3) is 0 Å². The van der Waals surface area contributed by atoms with Gasteiger partial charge in [-0.1, -0.05) is 11.8 Å². The highest BCUT2D eigenvalue weighted by molar-refractivity contribution is 8.13. The molecule has 2 atom stereocenters. The minimum absolute atomic E-state index is 0.0391. The molecule has 0 aliphatic rings. The number of carbonyl (C=O) groups is 1. The lowest BCUT2D eigenvalue weighted by molar-refractivity contribution is -0.109. The standard InChI is InChI=1S/C12H16FNO3S/c1-7-9(3-5-14-12(7)13)11(17)10(16)4-6-18-8(2)15/h3,5,10-11,16-17H,4,6H2,1-2H3. The molecule has 1 heterocycles. The van der Waals surface area contributed by atoms with Gasteiger partial charge in [-0.05, 0) is 25.0 Å². The lowest BCUT2D eigenvalue weighted by atomic mass is 10.00. The molecule has 4 nitrogen and oxygen atoms in total. The van der Waals surface area contributed by atoms with Crippen molar-refractivity contribution in [2.45, 2.75) is 32.5 Å². The van der Waals surface area contributed by atoms with E-state index in [-0.39, 0.29) is 17.1 Å². The zero-order chi connectivity index (χ0) is 13.7. The molecule has 0 saturated carbocycles. The summed E-state index contributed by atoms with van der Waals surface area (Å²) in [7, 11) is 0. The number of halogens is 1. The summed E-state index contributed by atoms with van der Waals surface area (Å²) in [5.41, 5.74) is 0.547. The van der Waals surface area contributed by atoms with Gasteiger partial charge in [-0.25, -0.2) is 4.98 Å². The van der Waals surface area contributed by atoms with E-state index in [0.29, 0.717) is 11.3 Å². The van der Waals surface area contributed by atoms with Crippen LogP contribution < -0.4 is 0 Å². The SMILES string of the molecule is CC(=O)SCCC(O)C(O)c1ccnc(F)c1C. The van der Waals surface area contributed by atoms with Crippen molar-refractivity contribution in [1.82, 2.24) is 4.98 Å². The molecule has 0 amide bonds. The molecule has 0 aliphatic heterocycles. The molecule has 0 aliphatic carbocycles. The van der Waals surface area contributed by atoms with Crippen LogP contribution in [0.2, 0.25) is 0 Å². The van der Waals surface area contributed by atoms with E-state index in [0.717, 1.165) is 11.8 Å². The fourth-order valence-corrected chi connectivity index (χ4v) is 2.18. The molecule has 0 bridgehead atoms. The van der Waals surface area contributed by atoms with Gasteiger partial charge in [0.2, 0.25) is 5.95 Å². The van der Waals surface area contributed by atoms with Crippen molar-refractivity contribution in [3.8, 4) is 0 Å². The quantitative estimate of drug-likeness (QED) is 0.797. The minimum atomic E-state index is -1.17. The average molecular weight is 273 g/mol. The molecule has 6 heteroatoms. The third-order valence-electron chi connectivity index (χ3n) is 2.59. The summed E-state index contributed by atoms with van der Waals surface area (Å²) in [6, 6.07) is 1.48. The van der Waals surface area contributed by atoms with Crippen LogP contribution in [-0.4, -0.2) is 32.2 Å². The van der Waals surface area contributed by atoms with Crippen molar-refractivity contribution in [3.05, 3.63) is 29.3 Å². The van der Waals surface area contributed by atoms with Gasteiger partial charge in [-0.15, -0.1) is 0 Å². The molecule has 2 unspecified atom stereocenters. The fraction of sp³-hybridized carbons (Fsp3) is 0.500. The number of aromatic nitrogens is 1. The molecule has 100 valence electrons. The maximum Gasteiger partial charge on any atom is 0.216 e. The summed E-state index contributed by atoms with van der Waals surface area (Å²) < 4.78 is 13.2. The van der Waals surface area contributed by atoms with Gasteiger partial charge in [0.15, 0.2) is 5.12 Å². The van der Waals surface area contributed by atoms with Crippen LogP contribution in [-0.2, 0) is 4.79 Å². The minimum Gasteiger partial charge on any atom is -0.390 e. The van der Waals surface area contributed by atoms with Crippen molar-refractivity contribution in [3.63, 3.8) is 0 Å². The van der Waals surface area contributed by atoms with E-state index < -0.39 is 18.2 Å². The molecule has 0 saturated heterocycles. The second-order valence-electron chi connectivity index (χ2n) is 3.96. The number of rotatable bonds is 5. The molecular weight excluding hydrogens is 257 g/mol. The van der Waals surface area contributed by atoms with Gasteiger partial charge >= 0.3 is 0 Å². The molecule has 0 fully saturated rings. The van der Waals surface area contributed by atoms with E-state index in [2.05, 4.69) is 4.98 Å². The van der Waals surface area contributed by atoms with E-state index >= 15 is 0 Å². The number of hydrogen-bond acceptors (Lipinski definition) is 5. The first-order valence-electron chi connectivity index (χ1n) is 5.54. The van der Waals surface area contributed by atoms with Crippen LogP contribution >= 0.6 is 11.8 Å². The van der Waals surface area contributed by atoms with Crippen LogP contribution in [0.4, 0.5) is 4.39 Å². The van der Waals surface area contributed by atoms with E-state index in [1.54, 1.807) is 0 Å². The lowest BCUT2D eigenvalue weighted by Crippen LogP contribution is -2.20. The predicted octanol–water partition coefficient (Wildman–Crippen LogP) is 1.59. The van der Waals surface area contributed by atoms with Gasteiger partial charge in [0.25, 0.3) is 0 Å².